The minimum absolute atomic E-state index is 0.112. The Labute approximate surface area is 126 Å². The summed E-state index contributed by atoms with van der Waals surface area (Å²) in [6.45, 7) is 2.60. The van der Waals surface area contributed by atoms with Crippen molar-refractivity contribution in [3.8, 4) is 0 Å². The minimum atomic E-state index is -3.28. The molecule has 7 nitrogen and oxygen atoms in total. The lowest BCUT2D eigenvalue weighted by molar-refractivity contribution is 0.0647. The molecule has 1 aliphatic heterocycles. The van der Waals surface area contributed by atoms with Crippen molar-refractivity contribution in [1.82, 2.24) is 9.21 Å². The maximum Gasteiger partial charge on any atom is 0.345 e. The van der Waals surface area contributed by atoms with Crippen LogP contribution in [0.3, 0.4) is 0 Å². The quantitative estimate of drug-likeness (QED) is 0.872. The number of rotatable bonds is 3. The van der Waals surface area contributed by atoms with Crippen molar-refractivity contribution < 1.29 is 23.1 Å². The van der Waals surface area contributed by atoms with Crippen LogP contribution in [0.25, 0.3) is 0 Å². The summed E-state index contributed by atoms with van der Waals surface area (Å²) in [6, 6.07) is 2.59. The average molecular weight is 332 g/mol. The number of carboxylic acid groups (broad SMARTS) is 1. The monoisotopic (exact) mass is 332 g/mol. The minimum Gasteiger partial charge on any atom is -0.477 e. The highest BCUT2D eigenvalue weighted by atomic mass is 32.2. The van der Waals surface area contributed by atoms with Gasteiger partial charge in [-0.15, -0.1) is 11.3 Å². The third kappa shape index (κ3) is 3.42. The molecule has 0 aromatic carbocycles. The van der Waals surface area contributed by atoms with E-state index in [0.29, 0.717) is 18.0 Å². The summed E-state index contributed by atoms with van der Waals surface area (Å²) in [5.74, 6) is -1.32. The predicted octanol–water partition coefficient (Wildman–Crippen LogP) is 0.552. The van der Waals surface area contributed by atoms with Gasteiger partial charge in [0, 0.05) is 25.7 Å². The van der Waals surface area contributed by atoms with Crippen LogP contribution in [0, 0.1) is 0 Å². The third-order valence-electron chi connectivity index (χ3n) is 3.31. The van der Waals surface area contributed by atoms with Gasteiger partial charge in [-0.25, -0.2) is 13.2 Å². The van der Waals surface area contributed by atoms with Crippen LogP contribution in [-0.2, 0) is 10.0 Å². The zero-order chi connectivity index (χ0) is 15.8. The maximum atomic E-state index is 12.3. The van der Waals surface area contributed by atoms with Gasteiger partial charge in [-0.1, -0.05) is 0 Å². The Kier molecular flexibility index (Phi) is 4.35. The molecular formula is C12H16N2O5S2. The van der Waals surface area contributed by atoms with E-state index in [-0.39, 0.29) is 23.4 Å². The van der Waals surface area contributed by atoms with Gasteiger partial charge in [-0.3, -0.25) is 4.79 Å². The van der Waals surface area contributed by atoms with E-state index in [0.717, 1.165) is 17.6 Å². The number of thiophene rings is 1. The molecule has 1 saturated heterocycles. The smallest absolute Gasteiger partial charge is 0.345 e. The molecule has 1 amide bonds. The van der Waals surface area contributed by atoms with Gasteiger partial charge in [0.2, 0.25) is 10.0 Å². The first-order chi connectivity index (χ1) is 9.70. The molecule has 1 N–H and O–H groups in total. The van der Waals surface area contributed by atoms with Crippen LogP contribution in [-0.4, -0.2) is 66.5 Å². The standard InChI is InChI=1S/C12H16N2O5S2/c1-8-7-13(5-6-14(8)21(2,18)19)11(15)9-3-4-10(20-9)12(16)17/h3-4,8H,5-7H2,1-2H3,(H,16,17)/t8-/m0/s1. The van der Waals surface area contributed by atoms with Gasteiger partial charge in [0.1, 0.15) is 4.88 Å². The number of carbonyl (C=O) groups excluding carboxylic acids is 1. The van der Waals surface area contributed by atoms with Crippen LogP contribution in [0.1, 0.15) is 26.3 Å². The first-order valence-electron chi connectivity index (χ1n) is 6.29. The number of nitrogens with zero attached hydrogens (tertiary/aromatic N) is 2. The SMILES string of the molecule is C[C@H]1CN(C(=O)c2ccc(C(=O)O)s2)CCN1S(C)(=O)=O. The largest absolute Gasteiger partial charge is 0.477 e. The summed E-state index contributed by atoms with van der Waals surface area (Å²) in [5.41, 5.74) is 0. The normalized spacial score (nSPS) is 20.5. The van der Waals surface area contributed by atoms with Gasteiger partial charge < -0.3 is 10.0 Å². The highest BCUT2D eigenvalue weighted by Crippen LogP contribution is 2.21. The highest BCUT2D eigenvalue weighted by Gasteiger charge is 2.32. The Hall–Kier alpha value is -1.45. The van der Waals surface area contributed by atoms with Crippen LogP contribution >= 0.6 is 11.3 Å². The molecule has 0 spiro atoms. The number of hydrogen-bond acceptors (Lipinski definition) is 5. The number of aromatic carboxylic acids is 1. The first kappa shape index (κ1) is 15.9. The van der Waals surface area contributed by atoms with Crippen LogP contribution in [0.2, 0.25) is 0 Å². The van der Waals surface area contributed by atoms with E-state index in [9.17, 15) is 18.0 Å². The summed E-state index contributed by atoms with van der Waals surface area (Å²) in [5, 5.41) is 8.87. The summed E-state index contributed by atoms with van der Waals surface area (Å²) in [7, 11) is -3.28. The highest BCUT2D eigenvalue weighted by molar-refractivity contribution is 7.88. The second-order valence-corrected chi connectivity index (χ2v) is 7.96. The lowest BCUT2D eigenvalue weighted by atomic mass is 10.2. The van der Waals surface area contributed by atoms with E-state index in [1.54, 1.807) is 11.8 Å². The lowest BCUT2D eigenvalue weighted by Crippen LogP contribution is -2.55. The number of piperazine rings is 1. The van der Waals surface area contributed by atoms with Gasteiger partial charge in [-0.05, 0) is 19.1 Å². The molecule has 0 unspecified atom stereocenters. The molecule has 1 atom stereocenters. The number of carbonyl (C=O) groups is 2. The van der Waals surface area contributed by atoms with Crippen molar-refractivity contribution in [2.24, 2.45) is 0 Å². The molecule has 9 heteroatoms. The van der Waals surface area contributed by atoms with Gasteiger partial charge in [0.25, 0.3) is 5.91 Å². The second-order valence-electron chi connectivity index (χ2n) is 4.94. The topological polar surface area (TPSA) is 95.0 Å². The summed E-state index contributed by atoms with van der Waals surface area (Å²) >= 11 is 0.928. The maximum absolute atomic E-state index is 12.3. The van der Waals surface area contributed by atoms with Gasteiger partial charge in [0.15, 0.2) is 0 Å². The fourth-order valence-electron chi connectivity index (χ4n) is 2.34. The van der Waals surface area contributed by atoms with Crippen molar-refractivity contribution in [1.29, 1.82) is 0 Å². The van der Waals surface area contributed by atoms with Gasteiger partial charge in [-0.2, -0.15) is 4.31 Å². The number of sulfonamides is 1. The summed E-state index contributed by atoms with van der Waals surface area (Å²) in [6.07, 6.45) is 1.15. The Bertz CT molecular complexity index is 667. The molecule has 0 radical (unpaired) electrons. The van der Waals surface area contributed by atoms with Crippen molar-refractivity contribution in [2.75, 3.05) is 25.9 Å². The third-order valence-corrected chi connectivity index (χ3v) is 5.76. The predicted molar refractivity (Wildman–Crippen MR) is 78.2 cm³/mol. The van der Waals surface area contributed by atoms with Crippen molar-refractivity contribution >= 4 is 33.2 Å². The molecule has 1 fully saturated rings. The molecule has 116 valence electrons. The molecule has 0 bridgehead atoms. The van der Waals surface area contributed by atoms with E-state index >= 15 is 0 Å². The average Bonchev–Trinajstić information content (AvgIpc) is 2.85. The van der Waals surface area contributed by atoms with Crippen LogP contribution in [0.5, 0.6) is 0 Å². The fraction of sp³-hybridized carbons (Fsp3) is 0.500. The van der Waals surface area contributed by atoms with E-state index in [2.05, 4.69) is 0 Å². The molecule has 21 heavy (non-hydrogen) atoms. The van der Waals surface area contributed by atoms with Crippen molar-refractivity contribution in [2.45, 2.75) is 13.0 Å². The lowest BCUT2D eigenvalue weighted by Gasteiger charge is -2.38. The van der Waals surface area contributed by atoms with Gasteiger partial charge >= 0.3 is 5.97 Å². The van der Waals surface area contributed by atoms with E-state index < -0.39 is 16.0 Å². The molecule has 2 heterocycles. The Morgan fingerprint density at radius 2 is 1.90 bits per heavy atom. The van der Waals surface area contributed by atoms with Crippen molar-refractivity contribution in [3.63, 3.8) is 0 Å². The molecule has 1 aromatic heterocycles. The zero-order valence-corrected chi connectivity index (χ0v) is 13.3. The first-order valence-corrected chi connectivity index (χ1v) is 8.96. The summed E-state index contributed by atoms with van der Waals surface area (Å²) < 4.78 is 24.5. The Balaban J connectivity index is 2.10. The number of carboxylic acids is 1. The molecule has 1 aliphatic rings. The molecular weight excluding hydrogens is 316 g/mol. The summed E-state index contributed by atoms with van der Waals surface area (Å²) in [4.78, 5) is 25.2. The number of hydrogen-bond donors (Lipinski definition) is 1. The van der Waals surface area contributed by atoms with Gasteiger partial charge in [0.05, 0.1) is 11.1 Å². The second kappa shape index (κ2) is 5.74. The van der Waals surface area contributed by atoms with E-state index in [1.807, 2.05) is 0 Å². The Morgan fingerprint density at radius 3 is 2.38 bits per heavy atom. The van der Waals surface area contributed by atoms with Crippen molar-refractivity contribution in [3.05, 3.63) is 21.9 Å². The van der Waals surface area contributed by atoms with Crippen LogP contribution in [0.15, 0.2) is 12.1 Å². The molecule has 0 saturated carbocycles. The fourth-order valence-corrected chi connectivity index (χ4v) is 4.29. The number of amides is 1. The Morgan fingerprint density at radius 1 is 1.29 bits per heavy atom. The molecule has 1 aromatic rings. The molecule has 0 aliphatic carbocycles. The van der Waals surface area contributed by atoms with E-state index in [4.69, 9.17) is 5.11 Å². The van der Waals surface area contributed by atoms with Crippen LogP contribution in [0.4, 0.5) is 0 Å². The van der Waals surface area contributed by atoms with Crippen LogP contribution < -0.4 is 0 Å². The van der Waals surface area contributed by atoms with E-state index in [1.165, 1.54) is 16.4 Å². The zero-order valence-electron chi connectivity index (χ0n) is 11.6. The molecule has 2 rings (SSSR count).